The Morgan fingerprint density at radius 1 is 1.24 bits per heavy atom. The fourth-order valence-electron chi connectivity index (χ4n) is 1.89. The van der Waals surface area contributed by atoms with E-state index in [0.717, 1.165) is 11.0 Å². The zero-order valence-corrected chi connectivity index (χ0v) is 13.2. The SMILES string of the molecule is CSc1ccccc1NS(=O)(=O)c1cc(N)cc(C)c1F. The van der Waals surface area contributed by atoms with E-state index in [0.29, 0.717) is 5.69 Å². The largest absolute Gasteiger partial charge is 0.399 e. The van der Waals surface area contributed by atoms with E-state index < -0.39 is 20.7 Å². The second kappa shape index (κ2) is 5.95. The van der Waals surface area contributed by atoms with Crippen molar-refractivity contribution in [1.29, 1.82) is 0 Å². The van der Waals surface area contributed by atoms with Crippen LogP contribution in [0.25, 0.3) is 0 Å². The van der Waals surface area contributed by atoms with Gasteiger partial charge in [0.25, 0.3) is 10.0 Å². The number of anilines is 2. The lowest BCUT2D eigenvalue weighted by Gasteiger charge is -2.13. The van der Waals surface area contributed by atoms with Gasteiger partial charge in [0.05, 0.1) is 5.69 Å². The van der Waals surface area contributed by atoms with Crippen LogP contribution < -0.4 is 10.5 Å². The van der Waals surface area contributed by atoms with Gasteiger partial charge in [0.1, 0.15) is 10.7 Å². The predicted octanol–water partition coefficient (Wildman–Crippen LogP) is 3.24. The van der Waals surface area contributed by atoms with Crippen LogP contribution in [0.2, 0.25) is 0 Å². The first kappa shape index (κ1) is 15.7. The molecule has 4 nitrogen and oxygen atoms in total. The average molecular weight is 326 g/mol. The predicted molar refractivity (Wildman–Crippen MR) is 84.6 cm³/mol. The topological polar surface area (TPSA) is 72.2 Å². The number of nitrogen functional groups attached to an aromatic ring is 1. The summed E-state index contributed by atoms with van der Waals surface area (Å²) in [5, 5.41) is 0. The highest BCUT2D eigenvalue weighted by atomic mass is 32.2. The van der Waals surface area contributed by atoms with Gasteiger partial charge in [-0.3, -0.25) is 4.72 Å². The second-order valence-corrected chi connectivity index (χ2v) is 6.95. The lowest BCUT2D eigenvalue weighted by atomic mass is 10.2. The number of thioether (sulfide) groups is 1. The first-order valence-electron chi connectivity index (χ1n) is 6.06. The highest BCUT2D eigenvalue weighted by Crippen LogP contribution is 2.29. The molecule has 0 saturated heterocycles. The molecule has 3 N–H and O–H groups in total. The van der Waals surface area contributed by atoms with Crippen molar-refractivity contribution in [1.82, 2.24) is 0 Å². The fraction of sp³-hybridized carbons (Fsp3) is 0.143. The molecule has 0 aromatic heterocycles. The monoisotopic (exact) mass is 326 g/mol. The molecule has 7 heteroatoms. The maximum Gasteiger partial charge on any atom is 0.264 e. The summed E-state index contributed by atoms with van der Waals surface area (Å²) in [6.45, 7) is 1.47. The van der Waals surface area contributed by atoms with Gasteiger partial charge in [-0.1, -0.05) is 12.1 Å². The zero-order valence-electron chi connectivity index (χ0n) is 11.6. The first-order chi connectivity index (χ1) is 9.85. The number of hydrogen-bond donors (Lipinski definition) is 2. The number of nitrogens with two attached hydrogens (primary N) is 1. The minimum Gasteiger partial charge on any atom is -0.399 e. The van der Waals surface area contributed by atoms with Crippen molar-refractivity contribution in [2.24, 2.45) is 0 Å². The molecule has 2 aromatic rings. The van der Waals surface area contributed by atoms with E-state index in [1.165, 1.54) is 24.8 Å². The molecule has 0 aliphatic heterocycles. The third kappa shape index (κ3) is 3.30. The Kier molecular flexibility index (Phi) is 4.43. The summed E-state index contributed by atoms with van der Waals surface area (Å²) in [7, 11) is -4.04. The van der Waals surface area contributed by atoms with Crippen molar-refractivity contribution in [2.75, 3.05) is 16.7 Å². The summed E-state index contributed by atoms with van der Waals surface area (Å²) >= 11 is 1.40. The van der Waals surface area contributed by atoms with Crippen molar-refractivity contribution in [3.8, 4) is 0 Å². The van der Waals surface area contributed by atoms with E-state index in [9.17, 15) is 12.8 Å². The van der Waals surface area contributed by atoms with Crippen LogP contribution >= 0.6 is 11.8 Å². The van der Waals surface area contributed by atoms with E-state index in [1.54, 1.807) is 24.3 Å². The van der Waals surface area contributed by atoms with Crippen LogP contribution in [0.3, 0.4) is 0 Å². The Morgan fingerprint density at radius 2 is 1.90 bits per heavy atom. The molecular formula is C14H15FN2O2S2. The smallest absolute Gasteiger partial charge is 0.264 e. The molecule has 0 unspecified atom stereocenters. The molecular weight excluding hydrogens is 311 g/mol. The molecule has 0 bridgehead atoms. The minimum atomic E-state index is -4.04. The van der Waals surface area contributed by atoms with Gasteiger partial charge in [-0.05, 0) is 43.0 Å². The molecule has 0 fully saturated rings. The summed E-state index contributed by atoms with van der Waals surface area (Å²) in [5.41, 5.74) is 6.41. The van der Waals surface area contributed by atoms with Gasteiger partial charge in [-0.2, -0.15) is 0 Å². The van der Waals surface area contributed by atoms with Crippen LogP contribution in [0.4, 0.5) is 15.8 Å². The van der Waals surface area contributed by atoms with Gasteiger partial charge in [0.15, 0.2) is 0 Å². The Bertz CT molecular complexity index is 777. The molecule has 0 aliphatic carbocycles. The summed E-state index contributed by atoms with van der Waals surface area (Å²) in [5.74, 6) is -0.793. The quantitative estimate of drug-likeness (QED) is 0.668. The lowest BCUT2D eigenvalue weighted by molar-refractivity contribution is 0.565. The highest BCUT2D eigenvalue weighted by Gasteiger charge is 2.22. The van der Waals surface area contributed by atoms with Gasteiger partial charge in [-0.25, -0.2) is 12.8 Å². The van der Waals surface area contributed by atoms with Gasteiger partial charge in [-0.15, -0.1) is 11.8 Å². The number of sulfonamides is 1. The zero-order chi connectivity index (χ0) is 15.6. The molecule has 0 aliphatic rings. The van der Waals surface area contributed by atoms with Crippen LogP contribution in [0.5, 0.6) is 0 Å². The Balaban J connectivity index is 2.49. The number of halogens is 1. The van der Waals surface area contributed by atoms with E-state index >= 15 is 0 Å². The van der Waals surface area contributed by atoms with Crippen molar-refractivity contribution in [3.63, 3.8) is 0 Å². The summed E-state index contributed by atoms with van der Waals surface area (Å²) < 4.78 is 41.2. The summed E-state index contributed by atoms with van der Waals surface area (Å²) in [4.78, 5) is 0.304. The van der Waals surface area contributed by atoms with Crippen LogP contribution in [0.15, 0.2) is 46.2 Å². The van der Waals surface area contributed by atoms with Crippen LogP contribution in [-0.2, 0) is 10.0 Å². The lowest BCUT2D eigenvalue weighted by Crippen LogP contribution is -2.16. The molecule has 2 rings (SSSR count). The molecule has 0 heterocycles. The maximum absolute atomic E-state index is 14.1. The van der Waals surface area contributed by atoms with Gasteiger partial charge < -0.3 is 5.73 Å². The van der Waals surface area contributed by atoms with Crippen molar-refractivity contribution < 1.29 is 12.8 Å². The van der Waals surface area contributed by atoms with Crippen molar-refractivity contribution in [3.05, 3.63) is 47.8 Å². The number of para-hydroxylation sites is 1. The van der Waals surface area contributed by atoms with Crippen molar-refractivity contribution in [2.45, 2.75) is 16.7 Å². The minimum absolute atomic E-state index is 0.188. The summed E-state index contributed by atoms with van der Waals surface area (Å²) in [6.07, 6.45) is 1.83. The number of aryl methyl sites for hydroxylation is 1. The molecule has 0 spiro atoms. The first-order valence-corrected chi connectivity index (χ1v) is 8.77. The van der Waals surface area contributed by atoms with Crippen molar-refractivity contribution >= 4 is 33.2 Å². The molecule has 0 atom stereocenters. The third-order valence-corrected chi connectivity index (χ3v) is 5.04. The average Bonchev–Trinajstić information content (AvgIpc) is 2.43. The fourth-order valence-corrected chi connectivity index (χ4v) is 3.77. The number of hydrogen-bond acceptors (Lipinski definition) is 4. The number of rotatable bonds is 4. The van der Waals surface area contributed by atoms with E-state index in [4.69, 9.17) is 5.73 Å². The standard InChI is InChI=1S/C14H15FN2O2S2/c1-9-7-10(16)8-13(14(9)15)21(18,19)17-11-5-3-4-6-12(11)20-2/h3-8,17H,16H2,1-2H3. The molecule has 0 amide bonds. The molecule has 2 aromatic carbocycles. The van der Waals surface area contributed by atoms with Gasteiger partial charge >= 0.3 is 0 Å². The van der Waals surface area contributed by atoms with E-state index in [1.807, 2.05) is 6.26 Å². The van der Waals surface area contributed by atoms with Crippen LogP contribution in [-0.4, -0.2) is 14.7 Å². The maximum atomic E-state index is 14.1. The number of benzene rings is 2. The third-order valence-electron chi connectivity index (χ3n) is 2.88. The Morgan fingerprint density at radius 3 is 2.57 bits per heavy atom. The number of nitrogens with one attached hydrogen (secondary N) is 1. The van der Waals surface area contributed by atoms with Gasteiger partial charge in [0.2, 0.25) is 0 Å². The normalized spacial score (nSPS) is 11.4. The van der Waals surface area contributed by atoms with Crippen LogP contribution in [0, 0.1) is 12.7 Å². The van der Waals surface area contributed by atoms with E-state index in [2.05, 4.69) is 4.72 Å². The highest BCUT2D eigenvalue weighted by molar-refractivity contribution is 7.99. The molecule has 21 heavy (non-hydrogen) atoms. The van der Waals surface area contributed by atoms with Crippen LogP contribution in [0.1, 0.15) is 5.56 Å². The van der Waals surface area contributed by atoms with Gasteiger partial charge in [0, 0.05) is 10.6 Å². The summed E-state index contributed by atoms with van der Waals surface area (Å²) in [6, 6.07) is 9.42. The Hall–Kier alpha value is -1.73. The second-order valence-electron chi connectivity index (χ2n) is 4.46. The molecule has 0 radical (unpaired) electrons. The molecule has 112 valence electrons. The molecule has 0 saturated carbocycles. The Labute approximate surface area is 127 Å². The van der Waals surface area contributed by atoms with E-state index in [-0.39, 0.29) is 11.3 Å².